The lowest BCUT2D eigenvalue weighted by Crippen LogP contribution is -2.27. The van der Waals surface area contributed by atoms with E-state index in [9.17, 15) is 9.59 Å². The van der Waals surface area contributed by atoms with Crippen LogP contribution < -0.4 is 10.1 Å². The molecule has 0 spiro atoms. The Morgan fingerprint density at radius 3 is 2.64 bits per heavy atom. The number of imide groups is 1. The summed E-state index contributed by atoms with van der Waals surface area (Å²) in [6.45, 7) is 0.523. The molecule has 1 aromatic heterocycles. The fourth-order valence-corrected chi connectivity index (χ4v) is 3.29. The minimum absolute atomic E-state index is 0.104. The lowest BCUT2D eigenvalue weighted by Gasteiger charge is -2.25. The molecule has 2 unspecified atom stereocenters. The quantitative estimate of drug-likeness (QED) is 0.865. The zero-order valence-electron chi connectivity index (χ0n) is 11.9. The lowest BCUT2D eigenvalue weighted by atomic mass is 9.84. The number of carbonyl (C=O) groups is 2. The van der Waals surface area contributed by atoms with Crippen LogP contribution >= 0.6 is 0 Å². The van der Waals surface area contributed by atoms with Gasteiger partial charge in [-0.05, 0) is 12.0 Å². The summed E-state index contributed by atoms with van der Waals surface area (Å²) in [5.74, 6) is 0.505. The van der Waals surface area contributed by atoms with Gasteiger partial charge in [-0.1, -0.05) is 30.3 Å². The average Bonchev–Trinajstić information content (AvgIpc) is 3.11. The molecule has 5 nitrogen and oxygen atoms in total. The van der Waals surface area contributed by atoms with Crippen LogP contribution in [0.3, 0.4) is 0 Å². The zero-order chi connectivity index (χ0) is 15.1. The van der Waals surface area contributed by atoms with Crippen LogP contribution in [0.15, 0.2) is 41.0 Å². The minimum atomic E-state index is -0.357. The number of benzene rings is 1. The predicted octanol–water partition coefficient (Wildman–Crippen LogP) is 2.48. The van der Waals surface area contributed by atoms with E-state index < -0.39 is 0 Å². The third-order valence-corrected chi connectivity index (χ3v) is 4.36. The van der Waals surface area contributed by atoms with Gasteiger partial charge in [0.05, 0.1) is 18.1 Å². The van der Waals surface area contributed by atoms with Gasteiger partial charge < -0.3 is 9.15 Å². The summed E-state index contributed by atoms with van der Waals surface area (Å²) in [4.78, 5) is 23.4. The second kappa shape index (κ2) is 5.02. The highest BCUT2D eigenvalue weighted by molar-refractivity contribution is 6.04. The molecular formula is C17H15NO4. The molecule has 2 atom stereocenters. The van der Waals surface area contributed by atoms with E-state index in [2.05, 4.69) is 5.32 Å². The summed E-state index contributed by atoms with van der Waals surface area (Å²) in [6.07, 6.45) is 2.58. The summed E-state index contributed by atoms with van der Waals surface area (Å²) in [5, 5.41) is 2.37. The molecule has 1 aromatic carbocycles. The molecule has 0 bridgehead atoms. The highest BCUT2D eigenvalue weighted by atomic mass is 16.5. The first-order chi connectivity index (χ1) is 10.7. The van der Waals surface area contributed by atoms with E-state index in [4.69, 9.17) is 9.15 Å². The highest BCUT2D eigenvalue weighted by Crippen LogP contribution is 2.46. The van der Waals surface area contributed by atoms with Gasteiger partial charge in [-0.2, -0.15) is 0 Å². The van der Waals surface area contributed by atoms with Crippen LogP contribution in [0.4, 0.5) is 0 Å². The van der Waals surface area contributed by atoms with E-state index in [1.54, 1.807) is 6.26 Å². The maximum absolute atomic E-state index is 12.0. The van der Waals surface area contributed by atoms with E-state index in [-0.39, 0.29) is 30.1 Å². The number of fused-ring (bicyclic) bond motifs is 1. The monoisotopic (exact) mass is 297 g/mol. The van der Waals surface area contributed by atoms with Crippen LogP contribution in [0.1, 0.15) is 24.5 Å². The number of hydrogen-bond acceptors (Lipinski definition) is 4. The predicted molar refractivity (Wildman–Crippen MR) is 78.3 cm³/mol. The number of furan rings is 1. The van der Waals surface area contributed by atoms with E-state index in [0.717, 1.165) is 11.1 Å². The maximum Gasteiger partial charge on any atom is 0.230 e. The van der Waals surface area contributed by atoms with E-state index in [1.165, 1.54) is 0 Å². The lowest BCUT2D eigenvalue weighted by molar-refractivity contribution is -0.126. The third kappa shape index (κ3) is 2.01. The van der Waals surface area contributed by atoms with Gasteiger partial charge in [-0.15, -0.1) is 0 Å². The topological polar surface area (TPSA) is 68.5 Å². The van der Waals surface area contributed by atoms with Crippen molar-refractivity contribution in [1.29, 1.82) is 0 Å². The first kappa shape index (κ1) is 13.1. The number of hydrogen-bond donors (Lipinski definition) is 1. The normalized spacial score (nSPS) is 23.8. The second-order valence-corrected chi connectivity index (χ2v) is 5.68. The second-order valence-electron chi connectivity index (χ2n) is 5.68. The molecule has 1 fully saturated rings. The van der Waals surface area contributed by atoms with Crippen LogP contribution in [0.25, 0.3) is 11.1 Å². The fourth-order valence-electron chi connectivity index (χ4n) is 3.29. The van der Waals surface area contributed by atoms with E-state index >= 15 is 0 Å². The number of rotatable bonds is 2. The summed E-state index contributed by atoms with van der Waals surface area (Å²) in [5.41, 5.74) is 1.91. The zero-order valence-corrected chi connectivity index (χ0v) is 11.9. The largest absolute Gasteiger partial charge is 0.489 e. The molecule has 0 radical (unpaired) electrons. The maximum atomic E-state index is 12.0. The molecule has 2 aliphatic rings. The standard InChI is InChI=1S/C17H15NO4/c19-14-8-12(17(20)18-14)11-6-7-21-16-13(9-22-15(11)16)10-4-2-1-3-5-10/h1-5,9,11-12H,6-8H2,(H,18,19,20). The van der Waals surface area contributed by atoms with Crippen LogP contribution in [-0.4, -0.2) is 18.4 Å². The van der Waals surface area contributed by atoms with Crippen molar-refractivity contribution in [3.05, 3.63) is 42.4 Å². The molecule has 22 heavy (non-hydrogen) atoms. The fraction of sp³-hybridized carbons (Fsp3) is 0.294. The van der Waals surface area contributed by atoms with Crippen LogP contribution in [0, 0.1) is 5.92 Å². The molecule has 112 valence electrons. The Morgan fingerprint density at radius 2 is 1.91 bits per heavy atom. The summed E-state index contributed by atoms with van der Waals surface area (Å²) >= 11 is 0. The smallest absolute Gasteiger partial charge is 0.230 e. The third-order valence-electron chi connectivity index (χ3n) is 4.36. The Bertz CT molecular complexity index is 734. The van der Waals surface area contributed by atoms with E-state index in [1.807, 2.05) is 30.3 Å². The van der Waals surface area contributed by atoms with Crippen molar-refractivity contribution in [2.45, 2.75) is 18.8 Å². The Balaban J connectivity index is 1.73. The van der Waals surface area contributed by atoms with Crippen molar-refractivity contribution in [3.8, 4) is 16.9 Å². The molecule has 1 N–H and O–H groups in total. The van der Waals surface area contributed by atoms with Crippen molar-refractivity contribution in [1.82, 2.24) is 5.32 Å². The Morgan fingerprint density at radius 1 is 1.09 bits per heavy atom. The summed E-state index contributed by atoms with van der Waals surface area (Å²) < 4.78 is 11.5. The number of carbonyl (C=O) groups excluding carboxylic acids is 2. The van der Waals surface area contributed by atoms with Gasteiger partial charge in [0.1, 0.15) is 12.0 Å². The molecule has 4 rings (SSSR count). The van der Waals surface area contributed by atoms with Crippen LogP contribution in [-0.2, 0) is 9.59 Å². The molecule has 3 heterocycles. The van der Waals surface area contributed by atoms with Gasteiger partial charge in [0.2, 0.25) is 11.8 Å². The van der Waals surface area contributed by atoms with Gasteiger partial charge in [-0.25, -0.2) is 0 Å². The van der Waals surface area contributed by atoms with Crippen molar-refractivity contribution in [3.63, 3.8) is 0 Å². The average molecular weight is 297 g/mol. The first-order valence-electron chi connectivity index (χ1n) is 7.37. The van der Waals surface area contributed by atoms with Crippen molar-refractivity contribution < 1.29 is 18.7 Å². The first-order valence-corrected chi connectivity index (χ1v) is 7.37. The SMILES string of the molecule is O=C1CC(C2CCOc3c(-c4ccccc4)coc32)C(=O)N1. The van der Waals surface area contributed by atoms with Gasteiger partial charge >= 0.3 is 0 Å². The minimum Gasteiger partial charge on any atom is -0.489 e. The Labute approximate surface area is 127 Å². The molecule has 0 aliphatic carbocycles. The molecule has 2 amide bonds. The Kier molecular flexibility index (Phi) is 2.99. The van der Waals surface area contributed by atoms with Crippen molar-refractivity contribution in [2.75, 3.05) is 6.61 Å². The number of nitrogens with one attached hydrogen (secondary N) is 1. The van der Waals surface area contributed by atoms with Gasteiger partial charge in [0.25, 0.3) is 0 Å². The molecule has 0 saturated carbocycles. The molecule has 2 aromatic rings. The molecule has 2 aliphatic heterocycles. The molecular weight excluding hydrogens is 282 g/mol. The van der Waals surface area contributed by atoms with Gasteiger partial charge in [0, 0.05) is 12.3 Å². The van der Waals surface area contributed by atoms with Crippen molar-refractivity contribution >= 4 is 11.8 Å². The summed E-state index contributed by atoms with van der Waals surface area (Å²) in [7, 11) is 0. The van der Waals surface area contributed by atoms with Gasteiger partial charge in [0.15, 0.2) is 5.75 Å². The molecule has 1 saturated heterocycles. The van der Waals surface area contributed by atoms with Crippen molar-refractivity contribution in [2.24, 2.45) is 5.92 Å². The molecule has 5 heteroatoms. The van der Waals surface area contributed by atoms with Crippen LogP contribution in [0.5, 0.6) is 5.75 Å². The highest BCUT2D eigenvalue weighted by Gasteiger charge is 2.42. The Hall–Kier alpha value is -2.56. The number of ether oxygens (including phenoxy) is 1. The van der Waals surface area contributed by atoms with Crippen LogP contribution in [0.2, 0.25) is 0 Å². The van der Waals surface area contributed by atoms with E-state index in [0.29, 0.717) is 24.5 Å². The number of amides is 2. The van der Waals surface area contributed by atoms with Gasteiger partial charge in [-0.3, -0.25) is 14.9 Å². The summed E-state index contributed by atoms with van der Waals surface area (Å²) in [6, 6.07) is 9.85.